The highest BCUT2D eigenvalue weighted by atomic mass is 35.5. The molecule has 0 aliphatic carbocycles. The van der Waals surface area contributed by atoms with Crippen LogP contribution in [0.25, 0.3) is 5.76 Å². The van der Waals surface area contributed by atoms with Gasteiger partial charge < -0.3 is 14.7 Å². The molecule has 158 valence electrons. The van der Waals surface area contributed by atoms with E-state index in [0.717, 1.165) is 29.5 Å². The summed E-state index contributed by atoms with van der Waals surface area (Å²) in [7, 11) is 1.45. The van der Waals surface area contributed by atoms with Crippen LogP contribution in [0.4, 0.5) is 0 Å². The van der Waals surface area contributed by atoms with Crippen molar-refractivity contribution in [1.29, 1.82) is 0 Å². The molecule has 1 aliphatic heterocycles. The molecule has 0 radical (unpaired) electrons. The molecular formula is C24H26ClNO4. The van der Waals surface area contributed by atoms with E-state index in [2.05, 4.69) is 0 Å². The van der Waals surface area contributed by atoms with E-state index in [-0.39, 0.29) is 17.1 Å². The molecule has 1 saturated heterocycles. The summed E-state index contributed by atoms with van der Waals surface area (Å²) in [5, 5.41) is 11.6. The second kappa shape index (κ2) is 8.92. The zero-order valence-corrected chi connectivity index (χ0v) is 18.4. The number of amides is 1. The largest absolute Gasteiger partial charge is 0.507 e. The molecule has 1 amide bonds. The first-order valence-electron chi connectivity index (χ1n) is 9.99. The Morgan fingerprint density at radius 1 is 1.17 bits per heavy atom. The van der Waals surface area contributed by atoms with Crippen LogP contribution < -0.4 is 4.74 Å². The van der Waals surface area contributed by atoms with Gasteiger partial charge in [-0.1, -0.05) is 54.8 Å². The topological polar surface area (TPSA) is 66.8 Å². The molecule has 1 heterocycles. The quantitative estimate of drug-likeness (QED) is 0.391. The van der Waals surface area contributed by atoms with Crippen molar-refractivity contribution in [2.75, 3.05) is 13.7 Å². The molecule has 1 unspecified atom stereocenters. The molecule has 2 aromatic rings. The van der Waals surface area contributed by atoms with Gasteiger partial charge in [-0.05, 0) is 43.5 Å². The van der Waals surface area contributed by atoms with Gasteiger partial charge in [0.2, 0.25) is 0 Å². The molecule has 0 spiro atoms. The SMILES string of the molecule is CCCCN1C(=O)C(=O)/C(=C(/O)c2cc(C)cc(Cl)c2OC)C1c1cccc(C)c1. The van der Waals surface area contributed by atoms with Crippen LogP contribution in [0.15, 0.2) is 42.0 Å². The number of aliphatic hydroxyl groups excluding tert-OH is 1. The van der Waals surface area contributed by atoms with Gasteiger partial charge in [0.15, 0.2) is 0 Å². The van der Waals surface area contributed by atoms with Crippen molar-refractivity contribution in [2.45, 2.75) is 39.7 Å². The first-order chi connectivity index (χ1) is 14.3. The van der Waals surface area contributed by atoms with E-state index in [1.807, 2.05) is 45.0 Å². The number of hydrogen-bond donors (Lipinski definition) is 1. The zero-order valence-electron chi connectivity index (χ0n) is 17.7. The van der Waals surface area contributed by atoms with Gasteiger partial charge in [0.05, 0.1) is 29.3 Å². The Labute approximate surface area is 181 Å². The summed E-state index contributed by atoms with van der Waals surface area (Å²) in [6.07, 6.45) is 1.64. The number of hydrogen-bond acceptors (Lipinski definition) is 4. The minimum absolute atomic E-state index is 0.0571. The van der Waals surface area contributed by atoms with Crippen LogP contribution in [-0.2, 0) is 9.59 Å². The number of methoxy groups -OCH3 is 1. The second-order valence-electron chi connectivity index (χ2n) is 7.59. The fourth-order valence-electron chi connectivity index (χ4n) is 3.88. The monoisotopic (exact) mass is 427 g/mol. The number of benzene rings is 2. The minimum Gasteiger partial charge on any atom is -0.507 e. The molecule has 0 aromatic heterocycles. The Hall–Kier alpha value is -2.79. The number of ether oxygens (including phenoxy) is 1. The molecule has 1 atom stereocenters. The van der Waals surface area contributed by atoms with E-state index in [9.17, 15) is 14.7 Å². The Kier molecular flexibility index (Phi) is 6.52. The van der Waals surface area contributed by atoms with Crippen LogP contribution in [0.1, 0.15) is 48.1 Å². The Morgan fingerprint density at radius 2 is 1.90 bits per heavy atom. The van der Waals surface area contributed by atoms with Crippen molar-refractivity contribution < 1.29 is 19.4 Å². The number of Topliss-reactive ketones (excluding diaryl/α,β-unsaturated/α-hetero) is 1. The molecule has 1 aliphatic rings. The molecular weight excluding hydrogens is 402 g/mol. The van der Waals surface area contributed by atoms with Gasteiger partial charge in [-0.25, -0.2) is 0 Å². The van der Waals surface area contributed by atoms with Gasteiger partial charge in [-0.3, -0.25) is 9.59 Å². The lowest BCUT2D eigenvalue weighted by Gasteiger charge is -2.25. The molecule has 5 nitrogen and oxygen atoms in total. The standard InChI is InChI=1S/C24H26ClNO4/c1-5-6-10-26-20(16-9-7-8-14(2)11-16)19(22(28)24(26)29)21(27)17-12-15(3)13-18(25)23(17)30-4/h7-9,11-13,20,27H,5-6,10H2,1-4H3/b21-19+. The first-order valence-corrected chi connectivity index (χ1v) is 10.4. The number of unbranched alkanes of at least 4 members (excludes halogenated alkanes) is 1. The van der Waals surface area contributed by atoms with Crippen molar-refractivity contribution in [1.82, 2.24) is 4.90 Å². The molecule has 3 rings (SSSR count). The molecule has 0 bridgehead atoms. The number of carbonyl (C=O) groups excluding carboxylic acids is 2. The van der Waals surface area contributed by atoms with Crippen LogP contribution in [0.2, 0.25) is 5.02 Å². The second-order valence-corrected chi connectivity index (χ2v) is 7.99. The summed E-state index contributed by atoms with van der Waals surface area (Å²) in [4.78, 5) is 27.5. The van der Waals surface area contributed by atoms with E-state index < -0.39 is 17.7 Å². The van der Waals surface area contributed by atoms with E-state index in [0.29, 0.717) is 17.1 Å². The zero-order chi connectivity index (χ0) is 22.0. The minimum atomic E-state index is -0.699. The number of nitrogens with zero attached hydrogens (tertiary/aromatic N) is 1. The van der Waals surface area contributed by atoms with Crippen molar-refractivity contribution in [3.8, 4) is 5.75 Å². The number of rotatable bonds is 6. The normalized spacial score (nSPS) is 18.2. The van der Waals surface area contributed by atoms with E-state index in [4.69, 9.17) is 16.3 Å². The van der Waals surface area contributed by atoms with Crippen LogP contribution >= 0.6 is 11.6 Å². The number of aliphatic hydroxyl groups is 1. The average Bonchev–Trinajstić information content (AvgIpc) is 2.96. The summed E-state index contributed by atoms with van der Waals surface area (Å²) >= 11 is 6.30. The third-order valence-corrected chi connectivity index (χ3v) is 5.58. The number of halogens is 1. The molecule has 2 aromatic carbocycles. The smallest absolute Gasteiger partial charge is 0.295 e. The summed E-state index contributed by atoms with van der Waals surface area (Å²) < 4.78 is 5.39. The number of likely N-dealkylation sites (tertiary alicyclic amines) is 1. The number of aryl methyl sites for hydroxylation is 2. The van der Waals surface area contributed by atoms with Crippen molar-refractivity contribution in [2.24, 2.45) is 0 Å². The predicted octanol–water partition coefficient (Wildman–Crippen LogP) is 5.19. The van der Waals surface area contributed by atoms with Gasteiger partial charge >= 0.3 is 0 Å². The average molecular weight is 428 g/mol. The van der Waals surface area contributed by atoms with Crippen molar-refractivity contribution in [3.63, 3.8) is 0 Å². The maximum Gasteiger partial charge on any atom is 0.295 e. The Balaban J connectivity index is 2.27. The fourth-order valence-corrected chi connectivity index (χ4v) is 4.23. The summed E-state index contributed by atoms with van der Waals surface area (Å²) in [5.74, 6) is -1.31. The van der Waals surface area contributed by atoms with Gasteiger partial charge in [0.25, 0.3) is 11.7 Å². The third kappa shape index (κ3) is 3.94. The van der Waals surface area contributed by atoms with E-state index >= 15 is 0 Å². The third-order valence-electron chi connectivity index (χ3n) is 5.30. The van der Waals surface area contributed by atoms with Gasteiger partial charge in [0, 0.05) is 6.54 Å². The van der Waals surface area contributed by atoms with Crippen LogP contribution in [0.3, 0.4) is 0 Å². The fraction of sp³-hybridized carbons (Fsp3) is 0.333. The molecule has 1 N–H and O–H groups in total. The Morgan fingerprint density at radius 3 is 2.53 bits per heavy atom. The van der Waals surface area contributed by atoms with E-state index in [1.165, 1.54) is 7.11 Å². The van der Waals surface area contributed by atoms with Crippen LogP contribution in [0.5, 0.6) is 5.75 Å². The lowest BCUT2D eigenvalue weighted by atomic mass is 9.93. The molecule has 6 heteroatoms. The van der Waals surface area contributed by atoms with Crippen LogP contribution in [-0.4, -0.2) is 35.4 Å². The summed E-state index contributed by atoms with van der Waals surface area (Å²) in [6.45, 7) is 6.24. The Bertz CT molecular complexity index is 1030. The highest BCUT2D eigenvalue weighted by Gasteiger charge is 2.46. The highest BCUT2D eigenvalue weighted by molar-refractivity contribution is 6.46. The van der Waals surface area contributed by atoms with Gasteiger partial charge in [-0.15, -0.1) is 0 Å². The van der Waals surface area contributed by atoms with Crippen LogP contribution in [0, 0.1) is 13.8 Å². The maximum atomic E-state index is 13.0. The highest BCUT2D eigenvalue weighted by Crippen LogP contribution is 2.42. The number of ketones is 1. The van der Waals surface area contributed by atoms with Gasteiger partial charge in [0.1, 0.15) is 11.5 Å². The lowest BCUT2D eigenvalue weighted by Crippen LogP contribution is -2.30. The molecule has 0 saturated carbocycles. The van der Waals surface area contributed by atoms with Crippen molar-refractivity contribution in [3.05, 3.63) is 69.2 Å². The molecule has 1 fully saturated rings. The number of carbonyl (C=O) groups is 2. The lowest BCUT2D eigenvalue weighted by molar-refractivity contribution is -0.139. The predicted molar refractivity (Wildman–Crippen MR) is 118 cm³/mol. The first kappa shape index (κ1) is 21.9. The van der Waals surface area contributed by atoms with Gasteiger partial charge in [-0.2, -0.15) is 0 Å². The maximum absolute atomic E-state index is 13.0. The summed E-state index contributed by atoms with van der Waals surface area (Å²) in [5.41, 5.74) is 2.94. The molecule has 30 heavy (non-hydrogen) atoms. The summed E-state index contributed by atoms with van der Waals surface area (Å²) in [6, 6.07) is 10.4. The van der Waals surface area contributed by atoms with Crippen molar-refractivity contribution >= 4 is 29.1 Å². The van der Waals surface area contributed by atoms with E-state index in [1.54, 1.807) is 17.0 Å².